The van der Waals surface area contributed by atoms with Crippen LogP contribution in [0, 0.1) is 0 Å². The Labute approximate surface area is 128 Å². The lowest BCUT2D eigenvalue weighted by atomic mass is 10.2. The van der Waals surface area contributed by atoms with Crippen molar-refractivity contribution in [3.05, 3.63) is 60.9 Å². The summed E-state index contributed by atoms with van der Waals surface area (Å²) in [7, 11) is 0. The van der Waals surface area contributed by atoms with E-state index in [-0.39, 0.29) is 0 Å². The van der Waals surface area contributed by atoms with Crippen LogP contribution in [0.15, 0.2) is 65.8 Å². The van der Waals surface area contributed by atoms with Gasteiger partial charge >= 0.3 is 0 Å². The largest absolute Gasteiger partial charge is 0.399 e. The fraction of sp³-hybridized carbons (Fsp3) is 0.125. The molecular weight excluding hydrogens is 280 g/mol. The zero-order chi connectivity index (χ0) is 14.5. The molecule has 0 aliphatic carbocycles. The van der Waals surface area contributed by atoms with Crippen LogP contribution in [0.4, 0.5) is 5.69 Å². The van der Waals surface area contributed by atoms with Crippen LogP contribution in [0.5, 0.6) is 0 Å². The van der Waals surface area contributed by atoms with Crippen LogP contribution < -0.4 is 5.73 Å². The summed E-state index contributed by atoms with van der Waals surface area (Å²) in [5, 5.41) is 4.49. The molecule has 0 saturated heterocycles. The van der Waals surface area contributed by atoms with E-state index in [1.807, 2.05) is 46.8 Å². The van der Waals surface area contributed by atoms with E-state index in [1.165, 1.54) is 4.90 Å². The van der Waals surface area contributed by atoms with Crippen molar-refractivity contribution in [2.24, 2.45) is 0 Å². The molecule has 0 fully saturated rings. The summed E-state index contributed by atoms with van der Waals surface area (Å²) in [5.41, 5.74) is 7.41. The van der Waals surface area contributed by atoms with Crippen molar-refractivity contribution >= 4 is 17.4 Å². The Kier molecular flexibility index (Phi) is 4.21. The van der Waals surface area contributed by atoms with E-state index >= 15 is 0 Å². The molecule has 3 rings (SSSR count). The van der Waals surface area contributed by atoms with Crippen LogP contribution in [-0.2, 0) is 6.54 Å². The Morgan fingerprint density at radius 2 is 1.76 bits per heavy atom. The maximum absolute atomic E-state index is 5.68. The fourth-order valence-electron chi connectivity index (χ4n) is 1.94. The smallest absolute Gasteiger partial charge is 0.181 e. The van der Waals surface area contributed by atoms with Crippen LogP contribution in [0.1, 0.15) is 0 Å². The summed E-state index contributed by atoms with van der Waals surface area (Å²) >= 11 is 1.82. The molecule has 21 heavy (non-hydrogen) atoms. The predicted octanol–water partition coefficient (Wildman–Crippen LogP) is 3.32. The minimum atomic E-state index is 0.736. The number of thioether (sulfide) groups is 1. The van der Waals surface area contributed by atoms with Crippen LogP contribution >= 0.6 is 11.8 Å². The summed E-state index contributed by atoms with van der Waals surface area (Å²) in [6.45, 7) is 0.835. The number of aryl methyl sites for hydroxylation is 1. The number of nitrogens with two attached hydrogens (primary N) is 1. The number of benzene rings is 2. The number of hydrogen-bond donors (Lipinski definition) is 1. The number of aromatic nitrogens is 3. The Morgan fingerprint density at radius 3 is 2.52 bits per heavy atom. The van der Waals surface area contributed by atoms with E-state index in [2.05, 4.69) is 34.3 Å². The van der Waals surface area contributed by atoms with Crippen molar-refractivity contribution < 1.29 is 0 Å². The van der Waals surface area contributed by atoms with Crippen LogP contribution in [0.25, 0.3) is 11.4 Å². The van der Waals surface area contributed by atoms with Gasteiger partial charge in [0.1, 0.15) is 6.33 Å². The van der Waals surface area contributed by atoms with Crippen molar-refractivity contribution in [2.75, 3.05) is 11.5 Å². The lowest BCUT2D eigenvalue weighted by molar-refractivity contribution is 0.666. The maximum atomic E-state index is 5.68. The second kappa shape index (κ2) is 6.45. The second-order valence-electron chi connectivity index (χ2n) is 4.61. The fourth-order valence-corrected chi connectivity index (χ4v) is 2.80. The van der Waals surface area contributed by atoms with Gasteiger partial charge in [-0.3, -0.25) is 4.68 Å². The van der Waals surface area contributed by atoms with E-state index in [0.717, 1.165) is 29.4 Å². The minimum Gasteiger partial charge on any atom is -0.399 e. The number of anilines is 1. The Hall–Kier alpha value is -2.27. The van der Waals surface area contributed by atoms with E-state index in [4.69, 9.17) is 5.73 Å². The van der Waals surface area contributed by atoms with Gasteiger partial charge in [0.05, 0.1) is 6.54 Å². The molecule has 0 saturated carbocycles. The molecule has 0 bridgehead atoms. The normalized spacial score (nSPS) is 10.7. The number of nitrogen functional groups attached to an aromatic ring is 1. The SMILES string of the molecule is Nc1ccc(-c2ncn(CCSc3ccccc3)n2)cc1. The maximum Gasteiger partial charge on any atom is 0.181 e. The molecule has 3 aromatic rings. The molecule has 2 aromatic carbocycles. The molecule has 0 unspecified atom stereocenters. The average Bonchev–Trinajstić information content (AvgIpc) is 2.98. The molecule has 106 valence electrons. The molecule has 0 radical (unpaired) electrons. The zero-order valence-electron chi connectivity index (χ0n) is 11.5. The molecule has 1 aromatic heterocycles. The van der Waals surface area contributed by atoms with Crippen molar-refractivity contribution in [3.63, 3.8) is 0 Å². The van der Waals surface area contributed by atoms with E-state index < -0.39 is 0 Å². The molecule has 0 aliphatic heterocycles. The number of nitrogens with zero attached hydrogens (tertiary/aromatic N) is 3. The van der Waals surface area contributed by atoms with Gasteiger partial charge in [0.25, 0.3) is 0 Å². The van der Waals surface area contributed by atoms with Gasteiger partial charge in [0.2, 0.25) is 0 Å². The first-order chi connectivity index (χ1) is 10.3. The van der Waals surface area contributed by atoms with Gasteiger partial charge in [0, 0.05) is 21.9 Å². The van der Waals surface area contributed by atoms with E-state index in [9.17, 15) is 0 Å². The summed E-state index contributed by atoms with van der Waals surface area (Å²) in [6.07, 6.45) is 1.78. The first-order valence-electron chi connectivity index (χ1n) is 6.74. The summed E-state index contributed by atoms with van der Waals surface area (Å²) < 4.78 is 1.88. The molecule has 2 N–H and O–H groups in total. The second-order valence-corrected chi connectivity index (χ2v) is 5.78. The van der Waals surface area contributed by atoms with Crippen LogP contribution in [-0.4, -0.2) is 20.5 Å². The Bertz CT molecular complexity index is 692. The first kappa shape index (κ1) is 13.7. The molecule has 0 spiro atoms. The quantitative estimate of drug-likeness (QED) is 0.579. The van der Waals surface area contributed by atoms with Crippen molar-refractivity contribution in [1.82, 2.24) is 14.8 Å². The summed E-state index contributed by atoms with van der Waals surface area (Å²) in [4.78, 5) is 5.62. The minimum absolute atomic E-state index is 0.736. The third kappa shape index (κ3) is 3.64. The summed E-state index contributed by atoms with van der Waals surface area (Å²) in [5.74, 6) is 1.70. The molecule has 0 aliphatic rings. The van der Waals surface area contributed by atoms with Crippen LogP contribution in [0.3, 0.4) is 0 Å². The monoisotopic (exact) mass is 296 g/mol. The van der Waals surface area contributed by atoms with Gasteiger partial charge in [-0.25, -0.2) is 4.98 Å². The highest BCUT2D eigenvalue weighted by molar-refractivity contribution is 7.99. The lowest BCUT2D eigenvalue weighted by Gasteiger charge is -2.01. The van der Waals surface area contributed by atoms with Gasteiger partial charge in [-0.05, 0) is 36.4 Å². The van der Waals surface area contributed by atoms with Gasteiger partial charge in [0.15, 0.2) is 5.82 Å². The number of rotatable bonds is 5. The molecule has 0 atom stereocenters. The standard InChI is InChI=1S/C16H16N4S/c17-14-8-6-13(7-9-14)16-18-12-20(19-16)10-11-21-15-4-2-1-3-5-15/h1-9,12H,10-11,17H2. The predicted molar refractivity (Wildman–Crippen MR) is 87.0 cm³/mol. The molecule has 4 nitrogen and oxygen atoms in total. The van der Waals surface area contributed by atoms with E-state index in [0.29, 0.717) is 0 Å². The van der Waals surface area contributed by atoms with Crippen molar-refractivity contribution in [3.8, 4) is 11.4 Å². The summed E-state index contributed by atoms with van der Waals surface area (Å²) in [6, 6.07) is 18.0. The third-order valence-corrected chi connectivity index (χ3v) is 4.03. The van der Waals surface area contributed by atoms with Gasteiger partial charge in [-0.1, -0.05) is 18.2 Å². The zero-order valence-corrected chi connectivity index (χ0v) is 12.3. The average molecular weight is 296 g/mol. The first-order valence-corrected chi connectivity index (χ1v) is 7.73. The highest BCUT2D eigenvalue weighted by Crippen LogP contribution is 2.18. The molecular formula is C16H16N4S. The third-order valence-electron chi connectivity index (χ3n) is 3.04. The molecule has 5 heteroatoms. The lowest BCUT2D eigenvalue weighted by Crippen LogP contribution is -2.01. The molecule has 0 amide bonds. The Morgan fingerprint density at radius 1 is 1.00 bits per heavy atom. The van der Waals surface area contributed by atoms with Gasteiger partial charge in [-0.2, -0.15) is 5.10 Å². The van der Waals surface area contributed by atoms with Crippen molar-refractivity contribution in [2.45, 2.75) is 11.4 Å². The topological polar surface area (TPSA) is 56.7 Å². The van der Waals surface area contributed by atoms with Gasteiger partial charge < -0.3 is 5.73 Å². The number of hydrogen-bond acceptors (Lipinski definition) is 4. The molecule has 1 heterocycles. The van der Waals surface area contributed by atoms with Crippen molar-refractivity contribution in [1.29, 1.82) is 0 Å². The van der Waals surface area contributed by atoms with E-state index in [1.54, 1.807) is 6.33 Å². The highest BCUT2D eigenvalue weighted by Gasteiger charge is 2.04. The van der Waals surface area contributed by atoms with Gasteiger partial charge in [-0.15, -0.1) is 11.8 Å². The van der Waals surface area contributed by atoms with Crippen LogP contribution in [0.2, 0.25) is 0 Å². The Balaban J connectivity index is 1.59. The highest BCUT2D eigenvalue weighted by atomic mass is 32.2.